The number of urea groups is 1. The highest BCUT2D eigenvalue weighted by molar-refractivity contribution is 5.75. The number of aliphatic hydroxyl groups excluding tert-OH is 1. The van der Waals surface area contributed by atoms with Crippen molar-refractivity contribution in [2.45, 2.75) is 44.7 Å². The lowest BCUT2D eigenvalue weighted by atomic mass is 9.94. The standard InChI is InChI=1S/C11H22N2O3/c1-3-11(4-2,8-14)13-10(15)12-9-5-6-16-7-9/h9,14H,3-8H2,1-2H3,(H2,12,13,15). The Morgan fingerprint density at radius 2 is 2.19 bits per heavy atom. The lowest BCUT2D eigenvalue weighted by Crippen LogP contribution is -2.55. The summed E-state index contributed by atoms with van der Waals surface area (Å²) in [6.45, 7) is 5.17. The molecule has 0 saturated carbocycles. The summed E-state index contributed by atoms with van der Waals surface area (Å²) >= 11 is 0. The highest BCUT2D eigenvalue weighted by Crippen LogP contribution is 2.14. The molecule has 0 aromatic heterocycles. The van der Waals surface area contributed by atoms with E-state index in [2.05, 4.69) is 10.6 Å². The molecule has 1 atom stereocenters. The average Bonchev–Trinajstić information content (AvgIpc) is 2.79. The van der Waals surface area contributed by atoms with Gasteiger partial charge in [-0.3, -0.25) is 0 Å². The molecule has 1 saturated heterocycles. The number of ether oxygens (including phenoxy) is 1. The summed E-state index contributed by atoms with van der Waals surface area (Å²) in [5, 5.41) is 15.0. The second-order valence-electron chi connectivity index (χ2n) is 4.30. The Hall–Kier alpha value is -0.810. The van der Waals surface area contributed by atoms with E-state index in [1.807, 2.05) is 13.8 Å². The summed E-state index contributed by atoms with van der Waals surface area (Å²) in [5.74, 6) is 0. The fourth-order valence-electron chi connectivity index (χ4n) is 1.80. The van der Waals surface area contributed by atoms with Crippen LogP contribution in [0.3, 0.4) is 0 Å². The number of aliphatic hydroxyl groups is 1. The van der Waals surface area contributed by atoms with Crippen molar-refractivity contribution < 1.29 is 14.6 Å². The molecule has 16 heavy (non-hydrogen) atoms. The van der Waals surface area contributed by atoms with Crippen molar-refractivity contribution in [1.82, 2.24) is 10.6 Å². The molecule has 1 unspecified atom stereocenters. The number of amides is 2. The molecule has 94 valence electrons. The monoisotopic (exact) mass is 230 g/mol. The van der Waals surface area contributed by atoms with Gasteiger partial charge in [0.15, 0.2) is 0 Å². The Kier molecular flexibility index (Phi) is 5.02. The lowest BCUT2D eigenvalue weighted by molar-refractivity contribution is 0.149. The van der Waals surface area contributed by atoms with Crippen LogP contribution in [-0.4, -0.2) is 42.5 Å². The normalized spacial score (nSPS) is 20.8. The highest BCUT2D eigenvalue weighted by Gasteiger charge is 2.28. The molecule has 1 heterocycles. The van der Waals surface area contributed by atoms with Crippen LogP contribution < -0.4 is 10.6 Å². The van der Waals surface area contributed by atoms with E-state index in [0.717, 1.165) is 6.42 Å². The van der Waals surface area contributed by atoms with Crippen LogP contribution >= 0.6 is 0 Å². The summed E-state index contributed by atoms with van der Waals surface area (Å²) in [7, 11) is 0. The number of hydrogen-bond donors (Lipinski definition) is 3. The number of hydrogen-bond acceptors (Lipinski definition) is 3. The van der Waals surface area contributed by atoms with E-state index in [1.54, 1.807) is 0 Å². The van der Waals surface area contributed by atoms with Gasteiger partial charge in [0.2, 0.25) is 0 Å². The van der Waals surface area contributed by atoms with E-state index in [-0.39, 0.29) is 18.7 Å². The molecule has 1 rings (SSSR count). The molecule has 0 aromatic rings. The summed E-state index contributed by atoms with van der Waals surface area (Å²) < 4.78 is 5.18. The minimum absolute atomic E-state index is 0.0331. The van der Waals surface area contributed by atoms with Crippen molar-refractivity contribution in [1.29, 1.82) is 0 Å². The van der Waals surface area contributed by atoms with Crippen molar-refractivity contribution in [3.8, 4) is 0 Å². The third-order valence-electron chi connectivity index (χ3n) is 3.30. The number of rotatable bonds is 5. The molecule has 0 aliphatic carbocycles. The second-order valence-corrected chi connectivity index (χ2v) is 4.30. The minimum Gasteiger partial charge on any atom is -0.394 e. The fraction of sp³-hybridized carbons (Fsp3) is 0.909. The van der Waals surface area contributed by atoms with Gasteiger partial charge in [-0.15, -0.1) is 0 Å². The molecular formula is C11H22N2O3. The third kappa shape index (κ3) is 3.35. The smallest absolute Gasteiger partial charge is 0.315 e. The van der Waals surface area contributed by atoms with Crippen LogP contribution in [-0.2, 0) is 4.74 Å². The summed E-state index contributed by atoms with van der Waals surface area (Å²) in [6.07, 6.45) is 2.29. The first kappa shape index (κ1) is 13.3. The van der Waals surface area contributed by atoms with Crippen LogP contribution in [0.25, 0.3) is 0 Å². The van der Waals surface area contributed by atoms with Crippen LogP contribution in [0, 0.1) is 0 Å². The van der Waals surface area contributed by atoms with E-state index in [4.69, 9.17) is 4.74 Å². The van der Waals surface area contributed by atoms with Crippen molar-refractivity contribution in [2.24, 2.45) is 0 Å². The van der Waals surface area contributed by atoms with Gasteiger partial charge < -0.3 is 20.5 Å². The van der Waals surface area contributed by atoms with Crippen LogP contribution in [0.4, 0.5) is 4.79 Å². The van der Waals surface area contributed by atoms with Gasteiger partial charge in [0.1, 0.15) is 0 Å². The zero-order valence-electron chi connectivity index (χ0n) is 10.1. The molecule has 0 aromatic carbocycles. The zero-order valence-corrected chi connectivity index (χ0v) is 10.1. The van der Waals surface area contributed by atoms with E-state index in [1.165, 1.54) is 0 Å². The van der Waals surface area contributed by atoms with Crippen LogP contribution in [0.15, 0.2) is 0 Å². The predicted molar refractivity (Wildman–Crippen MR) is 61.3 cm³/mol. The van der Waals surface area contributed by atoms with Crippen molar-refractivity contribution >= 4 is 6.03 Å². The Morgan fingerprint density at radius 1 is 1.50 bits per heavy atom. The van der Waals surface area contributed by atoms with E-state index in [9.17, 15) is 9.90 Å². The molecular weight excluding hydrogens is 208 g/mol. The van der Waals surface area contributed by atoms with E-state index in [0.29, 0.717) is 26.1 Å². The Balaban J connectivity index is 2.41. The van der Waals surface area contributed by atoms with Gasteiger partial charge in [-0.2, -0.15) is 0 Å². The molecule has 2 amide bonds. The van der Waals surface area contributed by atoms with Crippen molar-refractivity contribution in [3.05, 3.63) is 0 Å². The summed E-state index contributed by atoms with van der Waals surface area (Å²) in [4.78, 5) is 11.7. The number of carbonyl (C=O) groups is 1. The first-order valence-corrected chi connectivity index (χ1v) is 5.93. The van der Waals surface area contributed by atoms with Gasteiger partial charge in [-0.25, -0.2) is 4.79 Å². The van der Waals surface area contributed by atoms with Crippen LogP contribution in [0.2, 0.25) is 0 Å². The van der Waals surface area contributed by atoms with Gasteiger partial charge >= 0.3 is 6.03 Å². The maximum absolute atomic E-state index is 11.7. The molecule has 1 aliphatic rings. The Labute approximate surface area is 96.6 Å². The van der Waals surface area contributed by atoms with Crippen LogP contribution in [0.5, 0.6) is 0 Å². The quantitative estimate of drug-likeness (QED) is 0.648. The molecule has 0 radical (unpaired) electrons. The summed E-state index contributed by atoms with van der Waals surface area (Å²) in [6, 6.07) is -0.113. The zero-order chi connectivity index (χ0) is 12.0. The average molecular weight is 230 g/mol. The maximum Gasteiger partial charge on any atom is 0.315 e. The molecule has 3 N–H and O–H groups in total. The molecule has 1 fully saturated rings. The first-order valence-electron chi connectivity index (χ1n) is 5.93. The maximum atomic E-state index is 11.7. The first-order chi connectivity index (χ1) is 7.65. The topological polar surface area (TPSA) is 70.6 Å². The van der Waals surface area contributed by atoms with Gasteiger partial charge in [0, 0.05) is 6.61 Å². The molecule has 5 heteroatoms. The molecule has 5 nitrogen and oxygen atoms in total. The SMILES string of the molecule is CCC(CC)(CO)NC(=O)NC1CCOC1. The van der Waals surface area contributed by atoms with Gasteiger partial charge in [-0.1, -0.05) is 13.8 Å². The summed E-state index contributed by atoms with van der Waals surface area (Å²) in [5.41, 5.74) is -0.496. The molecule has 0 bridgehead atoms. The molecule has 1 aliphatic heterocycles. The Morgan fingerprint density at radius 3 is 2.62 bits per heavy atom. The second kappa shape index (κ2) is 6.06. The molecule has 0 spiro atoms. The van der Waals surface area contributed by atoms with Gasteiger partial charge in [0.25, 0.3) is 0 Å². The number of carbonyl (C=O) groups excluding carboxylic acids is 1. The van der Waals surface area contributed by atoms with Gasteiger partial charge in [-0.05, 0) is 19.3 Å². The predicted octanol–water partition coefficient (Wildman–Crippen LogP) is 0.626. The van der Waals surface area contributed by atoms with Crippen LogP contribution in [0.1, 0.15) is 33.1 Å². The minimum atomic E-state index is -0.496. The largest absolute Gasteiger partial charge is 0.394 e. The van der Waals surface area contributed by atoms with Crippen molar-refractivity contribution in [2.75, 3.05) is 19.8 Å². The lowest BCUT2D eigenvalue weighted by Gasteiger charge is -2.31. The van der Waals surface area contributed by atoms with E-state index < -0.39 is 5.54 Å². The van der Waals surface area contributed by atoms with Gasteiger partial charge in [0.05, 0.1) is 24.8 Å². The van der Waals surface area contributed by atoms with E-state index >= 15 is 0 Å². The van der Waals surface area contributed by atoms with Crippen molar-refractivity contribution in [3.63, 3.8) is 0 Å². The fourth-order valence-corrected chi connectivity index (χ4v) is 1.80. The number of nitrogens with one attached hydrogen (secondary N) is 2. The highest BCUT2D eigenvalue weighted by atomic mass is 16.5. The Bertz CT molecular complexity index is 215. The third-order valence-corrected chi connectivity index (χ3v) is 3.30.